The second kappa shape index (κ2) is 5.23. The van der Waals surface area contributed by atoms with Crippen molar-refractivity contribution in [3.63, 3.8) is 0 Å². The maximum Gasteiger partial charge on any atom is 0.119 e. The molecular weight excluding hydrogens is 228 g/mol. The van der Waals surface area contributed by atoms with Crippen LogP contribution in [0.2, 0.25) is 0 Å². The zero-order valence-electron chi connectivity index (χ0n) is 10.9. The molecule has 18 heavy (non-hydrogen) atoms. The standard InChI is InChI=1S/C14H18N2O2/c1-10-13(9-15-16(10)2)14(17)8-11-5-4-6-12(7-11)18-3/h4-7,9,14,17H,8H2,1-3H3. The van der Waals surface area contributed by atoms with Crippen LogP contribution in [0.3, 0.4) is 0 Å². The molecule has 0 amide bonds. The monoisotopic (exact) mass is 246 g/mol. The van der Waals surface area contributed by atoms with E-state index >= 15 is 0 Å². The molecule has 0 radical (unpaired) electrons. The highest BCUT2D eigenvalue weighted by atomic mass is 16.5. The normalized spacial score (nSPS) is 12.4. The molecule has 2 rings (SSSR count). The van der Waals surface area contributed by atoms with Crippen LogP contribution in [0.1, 0.15) is 22.9 Å². The zero-order valence-corrected chi connectivity index (χ0v) is 10.9. The summed E-state index contributed by atoms with van der Waals surface area (Å²) in [7, 11) is 3.51. The summed E-state index contributed by atoms with van der Waals surface area (Å²) in [6.45, 7) is 1.96. The Balaban J connectivity index is 2.15. The third-order valence-electron chi connectivity index (χ3n) is 3.20. The van der Waals surface area contributed by atoms with Crippen molar-refractivity contribution >= 4 is 0 Å². The first-order chi connectivity index (χ1) is 8.61. The van der Waals surface area contributed by atoms with E-state index in [1.54, 1.807) is 18.0 Å². The van der Waals surface area contributed by atoms with Crippen molar-refractivity contribution in [1.29, 1.82) is 0 Å². The summed E-state index contributed by atoms with van der Waals surface area (Å²) in [4.78, 5) is 0. The minimum atomic E-state index is -0.536. The lowest BCUT2D eigenvalue weighted by Gasteiger charge is -2.11. The third-order valence-corrected chi connectivity index (χ3v) is 3.20. The van der Waals surface area contributed by atoms with E-state index in [1.807, 2.05) is 38.2 Å². The van der Waals surface area contributed by atoms with Gasteiger partial charge in [-0.25, -0.2) is 0 Å². The molecule has 0 aliphatic carbocycles. The highest BCUT2D eigenvalue weighted by Gasteiger charge is 2.14. The Morgan fingerprint density at radius 1 is 1.44 bits per heavy atom. The van der Waals surface area contributed by atoms with Gasteiger partial charge in [0.25, 0.3) is 0 Å². The number of methoxy groups -OCH3 is 1. The van der Waals surface area contributed by atoms with E-state index in [4.69, 9.17) is 4.74 Å². The van der Waals surface area contributed by atoms with Gasteiger partial charge < -0.3 is 9.84 Å². The number of hydrogen-bond acceptors (Lipinski definition) is 3. The first kappa shape index (κ1) is 12.6. The minimum absolute atomic E-state index is 0.536. The lowest BCUT2D eigenvalue weighted by atomic mass is 10.0. The number of ether oxygens (including phenoxy) is 1. The van der Waals surface area contributed by atoms with Crippen LogP contribution in [0.5, 0.6) is 5.75 Å². The molecule has 0 fully saturated rings. The molecule has 1 heterocycles. The minimum Gasteiger partial charge on any atom is -0.497 e. The van der Waals surface area contributed by atoms with Gasteiger partial charge in [-0.05, 0) is 24.6 Å². The van der Waals surface area contributed by atoms with Crippen molar-refractivity contribution in [2.75, 3.05) is 7.11 Å². The Morgan fingerprint density at radius 2 is 2.22 bits per heavy atom. The quantitative estimate of drug-likeness (QED) is 0.897. The molecule has 0 saturated heterocycles. The van der Waals surface area contributed by atoms with Crippen molar-refractivity contribution in [1.82, 2.24) is 9.78 Å². The van der Waals surface area contributed by atoms with E-state index in [1.165, 1.54) is 0 Å². The number of benzene rings is 1. The smallest absolute Gasteiger partial charge is 0.119 e. The van der Waals surface area contributed by atoms with Crippen LogP contribution in [-0.4, -0.2) is 22.0 Å². The van der Waals surface area contributed by atoms with Gasteiger partial charge in [0.15, 0.2) is 0 Å². The SMILES string of the molecule is COc1cccc(CC(O)c2cnn(C)c2C)c1. The van der Waals surface area contributed by atoms with Crippen molar-refractivity contribution in [2.45, 2.75) is 19.4 Å². The van der Waals surface area contributed by atoms with Gasteiger partial charge in [0, 0.05) is 24.7 Å². The van der Waals surface area contributed by atoms with Gasteiger partial charge in [0.2, 0.25) is 0 Å². The van der Waals surface area contributed by atoms with Crippen molar-refractivity contribution in [3.8, 4) is 5.75 Å². The predicted molar refractivity (Wildman–Crippen MR) is 69.6 cm³/mol. The van der Waals surface area contributed by atoms with E-state index in [9.17, 15) is 5.11 Å². The van der Waals surface area contributed by atoms with Gasteiger partial charge in [-0.1, -0.05) is 12.1 Å². The van der Waals surface area contributed by atoms with Gasteiger partial charge in [-0.3, -0.25) is 4.68 Å². The Hall–Kier alpha value is -1.81. The van der Waals surface area contributed by atoms with Crippen LogP contribution in [0.15, 0.2) is 30.5 Å². The number of aliphatic hydroxyl groups is 1. The second-order valence-corrected chi connectivity index (χ2v) is 4.38. The Labute approximate surface area is 107 Å². The maximum absolute atomic E-state index is 10.2. The van der Waals surface area contributed by atoms with Gasteiger partial charge in [-0.15, -0.1) is 0 Å². The molecule has 0 spiro atoms. The summed E-state index contributed by atoms with van der Waals surface area (Å²) in [6, 6.07) is 7.74. The number of aliphatic hydroxyl groups excluding tert-OH is 1. The molecule has 1 unspecified atom stereocenters. The van der Waals surface area contributed by atoms with Crippen LogP contribution in [0.25, 0.3) is 0 Å². The van der Waals surface area contributed by atoms with E-state index in [-0.39, 0.29) is 0 Å². The third kappa shape index (κ3) is 2.54. The summed E-state index contributed by atoms with van der Waals surface area (Å²) >= 11 is 0. The number of aromatic nitrogens is 2. The lowest BCUT2D eigenvalue weighted by Crippen LogP contribution is -2.04. The highest BCUT2D eigenvalue weighted by Crippen LogP contribution is 2.22. The zero-order chi connectivity index (χ0) is 13.1. The molecule has 4 heteroatoms. The van der Waals surface area contributed by atoms with E-state index in [0.717, 1.165) is 22.6 Å². The van der Waals surface area contributed by atoms with E-state index < -0.39 is 6.10 Å². The molecule has 1 aromatic carbocycles. The van der Waals surface area contributed by atoms with Gasteiger partial charge in [0.1, 0.15) is 5.75 Å². The first-order valence-electron chi connectivity index (χ1n) is 5.91. The summed E-state index contributed by atoms with van der Waals surface area (Å²) in [5.41, 5.74) is 2.91. The maximum atomic E-state index is 10.2. The molecule has 0 bridgehead atoms. The van der Waals surface area contributed by atoms with Crippen molar-refractivity contribution in [3.05, 3.63) is 47.3 Å². The van der Waals surface area contributed by atoms with Crippen molar-refractivity contribution < 1.29 is 9.84 Å². The van der Waals surface area contributed by atoms with Crippen LogP contribution >= 0.6 is 0 Å². The molecule has 2 aromatic rings. The largest absolute Gasteiger partial charge is 0.497 e. The molecule has 0 saturated carbocycles. The number of hydrogen-bond donors (Lipinski definition) is 1. The van der Waals surface area contributed by atoms with Crippen molar-refractivity contribution in [2.24, 2.45) is 7.05 Å². The average molecular weight is 246 g/mol. The summed E-state index contributed by atoms with van der Waals surface area (Å²) in [6.07, 6.45) is 1.75. The molecule has 1 aromatic heterocycles. The molecule has 1 atom stereocenters. The fourth-order valence-electron chi connectivity index (χ4n) is 1.98. The summed E-state index contributed by atoms with van der Waals surface area (Å²) in [5, 5.41) is 14.4. The van der Waals surface area contributed by atoms with Gasteiger partial charge in [-0.2, -0.15) is 5.10 Å². The van der Waals surface area contributed by atoms with E-state index in [2.05, 4.69) is 5.10 Å². The molecule has 96 valence electrons. The van der Waals surface area contributed by atoms with E-state index in [0.29, 0.717) is 6.42 Å². The van der Waals surface area contributed by atoms with Crippen LogP contribution in [0.4, 0.5) is 0 Å². The fraction of sp³-hybridized carbons (Fsp3) is 0.357. The van der Waals surface area contributed by atoms with Gasteiger partial charge >= 0.3 is 0 Å². The van der Waals surface area contributed by atoms with Crippen LogP contribution in [-0.2, 0) is 13.5 Å². The number of nitrogens with zero attached hydrogens (tertiary/aromatic N) is 2. The second-order valence-electron chi connectivity index (χ2n) is 4.38. The Bertz CT molecular complexity index is 534. The number of aryl methyl sites for hydroxylation is 1. The fourth-order valence-corrected chi connectivity index (χ4v) is 1.98. The Kier molecular flexibility index (Phi) is 3.67. The lowest BCUT2D eigenvalue weighted by molar-refractivity contribution is 0.177. The van der Waals surface area contributed by atoms with Crippen LogP contribution < -0.4 is 4.74 Å². The topological polar surface area (TPSA) is 47.3 Å². The Morgan fingerprint density at radius 3 is 2.83 bits per heavy atom. The molecule has 4 nitrogen and oxygen atoms in total. The highest BCUT2D eigenvalue weighted by molar-refractivity contribution is 5.30. The van der Waals surface area contributed by atoms with Gasteiger partial charge in [0.05, 0.1) is 19.4 Å². The molecular formula is C14H18N2O2. The first-order valence-corrected chi connectivity index (χ1v) is 5.91. The predicted octanol–water partition coefficient (Wildman–Crippen LogP) is 2.01. The van der Waals surface area contributed by atoms with Crippen LogP contribution in [0, 0.1) is 6.92 Å². The summed E-state index contributed by atoms with van der Waals surface area (Å²) in [5.74, 6) is 0.808. The summed E-state index contributed by atoms with van der Waals surface area (Å²) < 4.78 is 6.94. The molecule has 1 N–H and O–H groups in total. The molecule has 0 aliphatic rings. The molecule has 0 aliphatic heterocycles. The average Bonchev–Trinajstić information content (AvgIpc) is 2.70. The number of rotatable bonds is 4.